The van der Waals surface area contributed by atoms with Crippen LogP contribution in [0.25, 0.3) is 0 Å². The van der Waals surface area contributed by atoms with Gasteiger partial charge >= 0.3 is 0 Å². The van der Waals surface area contributed by atoms with Gasteiger partial charge in [-0.15, -0.1) is 5.10 Å². The van der Waals surface area contributed by atoms with Gasteiger partial charge in [0.2, 0.25) is 17.0 Å². The zero-order valence-electron chi connectivity index (χ0n) is 14.6. The number of nitrogens with zero attached hydrogens (tertiary/aromatic N) is 3. The summed E-state index contributed by atoms with van der Waals surface area (Å²) >= 11 is 1.30. The molecule has 0 atom stereocenters. The number of aryl methyl sites for hydroxylation is 1. The van der Waals surface area contributed by atoms with Crippen molar-refractivity contribution >= 4 is 23.6 Å². The molecule has 0 aromatic carbocycles. The van der Waals surface area contributed by atoms with E-state index in [4.69, 9.17) is 0 Å². The molecule has 0 bridgehead atoms. The molecule has 2 fully saturated rings. The number of thioether (sulfide) groups is 1. The minimum absolute atomic E-state index is 0.00273. The van der Waals surface area contributed by atoms with Gasteiger partial charge < -0.3 is 10.2 Å². The Hall–Kier alpha value is -1.57. The molecular formula is C17H27N5O2S. The van der Waals surface area contributed by atoms with Crippen molar-refractivity contribution in [3.05, 3.63) is 5.82 Å². The van der Waals surface area contributed by atoms with Crippen molar-refractivity contribution in [2.45, 2.75) is 56.5 Å². The summed E-state index contributed by atoms with van der Waals surface area (Å²) in [4.78, 5) is 30.0. The molecule has 1 aromatic heterocycles. The molecule has 1 aromatic rings. The molecule has 7 nitrogen and oxygen atoms in total. The molecule has 2 heterocycles. The van der Waals surface area contributed by atoms with Crippen LogP contribution in [0, 0.1) is 5.92 Å². The molecule has 1 aliphatic heterocycles. The predicted octanol–water partition coefficient (Wildman–Crippen LogP) is 1.76. The number of hydrogen-bond acceptors (Lipinski definition) is 5. The molecule has 138 valence electrons. The van der Waals surface area contributed by atoms with Gasteiger partial charge in [-0.05, 0) is 25.2 Å². The minimum atomic E-state index is -0.158. The van der Waals surface area contributed by atoms with Crippen LogP contribution in [0.4, 0.5) is 0 Å². The summed E-state index contributed by atoms with van der Waals surface area (Å²) in [5.74, 6) is 1.81. The number of hydrogen-bond donors (Lipinski definition) is 2. The molecule has 2 amide bonds. The van der Waals surface area contributed by atoms with Crippen molar-refractivity contribution in [2.24, 2.45) is 5.92 Å². The van der Waals surface area contributed by atoms with Crippen molar-refractivity contribution in [3.8, 4) is 0 Å². The zero-order valence-corrected chi connectivity index (χ0v) is 15.4. The first-order valence-corrected chi connectivity index (χ1v) is 10.3. The Morgan fingerprint density at radius 2 is 1.96 bits per heavy atom. The van der Waals surface area contributed by atoms with Crippen molar-refractivity contribution in [2.75, 3.05) is 25.4 Å². The third-order valence-electron chi connectivity index (χ3n) is 5.00. The Balaban J connectivity index is 1.32. The molecule has 0 radical (unpaired) electrons. The van der Waals surface area contributed by atoms with Gasteiger partial charge in [0.15, 0.2) is 0 Å². The van der Waals surface area contributed by atoms with Crippen LogP contribution in [0.15, 0.2) is 5.16 Å². The first kappa shape index (κ1) is 18.2. The highest BCUT2D eigenvalue weighted by molar-refractivity contribution is 7.99. The topological polar surface area (TPSA) is 91.0 Å². The SMILES string of the molecule is O=C(CSc1n[nH]c(CCC2CCCC2)n1)NCC(=O)N1CCCC1. The Labute approximate surface area is 152 Å². The van der Waals surface area contributed by atoms with Gasteiger partial charge in [-0.3, -0.25) is 14.7 Å². The molecule has 0 unspecified atom stereocenters. The lowest BCUT2D eigenvalue weighted by molar-refractivity contribution is -0.131. The lowest BCUT2D eigenvalue weighted by Crippen LogP contribution is -2.39. The van der Waals surface area contributed by atoms with Gasteiger partial charge in [0, 0.05) is 19.5 Å². The summed E-state index contributed by atoms with van der Waals surface area (Å²) in [6.45, 7) is 1.70. The number of carbonyl (C=O) groups is 2. The van der Waals surface area contributed by atoms with Gasteiger partial charge in [-0.1, -0.05) is 37.4 Å². The van der Waals surface area contributed by atoms with Gasteiger partial charge in [0.05, 0.1) is 12.3 Å². The zero-order chi connectivity index (χ0) is 17.5. The molecule has 2 aliphatic rings. The maximum atomic E-state index is 11.9. The number of rotatable bonds is 8. The highest BCUT2D eigenvalue weighted by atomic mass is 32.2. The van der Waals surface area contributed by atoms with Gasteiger partial charge in [-0.2, -0.15) is 0 Å². The molecular weight excluding hydrogens is 338 g/mol. The average molecular weight is 366 g/mol. The number of likely N-dealkylation sites (tertiary alicyclic amines) is 1. The first-order chi connectivity index (χ1) is 12.2. The van der Waals surface area contributed by atoms with Gasteiger partial charge in [0.25, 0.3) is 0 Å². The normalized spacial score (nSPS) is 18.0. The summed E-state index contributed by atoms with van der Waals surface area (Å²) in [6, 6.07) is 0. The Morgan fingerprint density at radius 1 is 1.20 bits per heavy atom. The fraction of sp³-hybridized carbons (Fsp3) is 0.765. The molecule has 2 N–H and O–H groups in total. The molecule has 8 heteroatoms. The summed E-state index contributed by atoms with van der Waals surface area (Å²) in [6.07, 6.45) is 9.60. The number of amides is 2. The lowest BCUT2D eigenvalue weighted by atomic mass is 10.0. The summed E-state index contributed by atoms with van der Waals surface area (Å²) in [7, 11) is 0. The van der Waals surface area contributed by atoms with E-state index >= 15 is 0 Å². The van der Waals surface area contributed by atoms with E-state index in [0.717, 1.165) is 44.1 Å². The first-order valence-electron chi connectivity index (χ1n) is 9.29. The number of aromatic nitrogens is 3. The second-order valence-electron chi connectivity index (χ2n) is 6.91. The van der Waals surface area contributed by atoms with Gasteiger partial charge in [-0.25, -0.2) is 4.98 Å². The second kappa shape index (κ2) is 9.22. The van der Waals surface area contributed by atoms with Gasteiger partial charge in [0.1, 0.15) is 5.82 Å². The fourth-order valence-electron chi connectivity index (χ4n) is 3.53. The highest BCUT2D eigenvalue weighted by Gasteiger charge is 2.18. The highest BCUT2D eigenvalue weighted by Crippen LogP contribution is 2.28. The van der Waals surface area contributed by atoms with Crippen LogP contribution in [-0.4, -0.2) is 57.3 Å². The summed E-state index contributed by atoms with van der Waals surface area (Å²) in [5, 5.41) is 10.4. The van der Waals surface area contributed by atoms with E-state index < -0.39 is 0 Å². The second-order valence-corrected chi connectivity index (χ2v) is 7.85. The van der Waals surface area contributed by atoms with Crippen LogP contribution in [-0.2, 0) is 16.0 Å². The Kier molecular flexibility index (Phi) is 6.72. The van der Waals surface area contributed by atoms with Crippen molar-refractivity contribution in [3.63, 3.8) is 0 Å². The standard InChI is InChI=1S/C17H27N5O2S/c23-15(18-11-16(24)22-9-3-4-10-22)12-25-17-19-14(20-21-17)8-7-13-5-1-2-6-13/h13H,1-12H2,(H,18,23)(H,19,20,21). The smallest absolute Gasteiger partial charge is 0.241 e. The Morgan fingerprint density at radius 3 is 2.72 bits per heavy atom. The van der Waals surface area contributed by atoms with Crippen LogP contribution in [0.1, 0.15) is 50.8 Å². The minimum Gasteiger partial charge on any atom is -0.346 e. The third kappa shape index (κ3) is 5.73. The Bertz CT molecular complexity index is 579. The quantitative estimate of drug-likeness (QED) is 0.685. The average Bonchev–Trinajstić information content (AvgIpc) is 3.38. The van der Waals surface area contributed by atoms with E-state index in [1.165, 1.54) is 43.9 Å². The van der Waals surface area contributed by atoms with E-state index in [1.807, 2.05) is 0 Å². The predicted molar refractivity (Wildman–Crippen MR) is 96.2 cm³/mol. The lowest BCUT2D eigenvalue weighted by Gasteiger charge is -2.15. The van der Waals surface area contributed by atoms with Crippen LogP contribution >= 0.6 is 11.8 Å². The van der Waals surface area contributed by atoms with Crippen LogP contribution < -0.4 is 5.32 Å². The number of nitrogens with one attached hydrogen (secondary N) is 2. The molecule has 0 spiro atoms. The maximum absolute atomic E-state index is 11.9. The monoisotopic (exact) mass is 365 g/mol. The van der Waals surface area contributed by atoms with E-state index in [1.54, 1.807) is 4.90 Å². The van der Waals surface area contributed by atoms with E-state index in [0.29, 0.717) is 5.16 Å². The number of H-pyrrole nitrogens is 1. The molecule has 1 saturated heterocycles. The van der Waals surface area contributed by atoms with Crippen molar-refractivity contribution in [1.82, 2.24) is 25.4 Å². The molecule has 1 saturated carbocycles. The van der Waals surface area contributed by atoms with Crippen LogP contribution in [0.2, 0.25) is 0 Å². The summed E-state index contributed by atoms with van der Waals surface area (Å²) in [5.41, 5.74) is 0. The maximum Gasteiger partial charge on any atom is 0.241 e. The molecule has 1 aliphatic carbocycles. The number of aromatic amines is 1. The molecule has 25 heavy (non-hydrogen) atoms. The van der Waals surface area contributed by atoms with Crippen molar-refractivity contribution < 1.29 is 9.59 Å². The summed E-state index contributed by atoms with van der Waals surface area (Å²) < 4.78 is 0. The fourth-order valence-corrected chi connectivity index (χ4v) is 4.17. The van der Waals surface area contributed by atoms with E-state index in [9.17, 15) is 9.59 Å². The molecule has 3 rings (SSSR count). The number of carbonyl (C=O) groups excluding carboxylic acids is 2. The van der Waals surface area contributed by atoms with Crippen molar-refractivity contribution in [1.29, 1.82) is 0 Å². The van der Waals surface area contributed by atoms with Crippen LogP contribution in [0.3, 0.4) is 0 Å². The van der Waals surface area contributed by atoms with Crippen LogP contribution in [0.5, 0.6) is 0 Å². The third-order valence-corrected chi connectivity index (χ3v) is 5.85. The van der Waals surface area contributed by atoms with E-state index in [-0.39, 0.29) is 24.1 Å². The largest absolute Gasteiger partial charge is 0.346 e. The van der Waals surface area contributed by atoms with E-state index in [2.05, 4.69) is 20.5 Å².